The monoisotopic (exact) mass is 125 g/mol. The molecule has 9 heavy (non-hydrogen) atoms. The van der Waals surface area contributed by atoms with E-state index in [1.54, 1.807) is 0 Å². The molecule has 1 nitrogen and oxygen atoms in total. The Kier molecular flexibility index (Phi) is 3.85. The third-order valence-electron chi connectivity index (χ3n) is 1.35. The Morgan fingerprint density at radius 3 is 2.56 bits per heavy atom. The first kappa shape index (κ1) is 8.28. The molecule has 0 heterocycles. The first-order valence-electron chi connectivity index (χ1n) is 3.22. The summed E-state index contributed by atoms with van der Waals surface area (Å²) in [5.74, 6) is 0. The van der Waals surface area contributed by atoms with Gasteiger partial charge in [-0.3, -0.25) is 0 Å². The van der Waals surface area contributed by atoms with Crippen molar-refractivity contribution in [1.82, 2.24) is 4.90 Å². The van der Waals surface area contributed by atoms with E-state index in [2.05, 4.69) is 25.0 Å². The van der Waals surface area contributed by atoms with Gasteiger partial charge in [-0.1, -0.05) is 19.6 Å². The number of likely N-dealkylation sites (N-methyl/N-ethyl adjacent to an activating group) is 1. The second-order valence-corrected chi connectivity index (χ2v) is 2.09. The lowest BCUT2D eigenvalue weighted by molar-refractivity contribution is 0.452. The predicted molar refractivity (Wildman–Crippen MR) is 42.3 cm³/mol. The Balaban J connectivity index is 3.58. The average Bonchev–Trinajstić information content (AvgIpc) is 1.87. The Labute approximate surface area is 57.7 Å². The van der Waals surface area contributed by atoms with Crippen LogP contribution in [0, 0.1) is 0 Å². The molecule has 0 spiro atoms. The fourth-order valence-electron chi connectivity index (χ4n) is 0.593. The van der Waals surface area contributed by atoms with E-state index in [4.69, 9.17) is 0 Å². The number of hydrogen-bond acceptors (Lipinski definition) is 1. The normalized spacial score (nSPS) is 8.67. The quantitative estimate of drug-likeness (QED) is 0.520. The molecule has 52 valence electrons. The van der Waals surface area contributed by atoms with Crippen LogP contribution in [0.3, 0.4) is 0 Å². The van der Waals surface area contributed by atoms with Crippen LogP contribution in [0.1, 0.15) is 13.3 Å². The van der Waals surface area contributed by atoms with Crippen LogP contribution in [0.15, 0.2) is 24.9 Å². The van der Waals surface area contributed by atoms with E-state index in [1.165, 1.54) is 0 Å². The summed E-state index contributed by atoms with van der Waals surface area (Å²) in [7, 11) is 2.02. The zero-order valence-corrected chi connectivity index (χ0v) is 6.35. The minimum Gasteiger partial charge on any atom is -0.375 e. The number of nitrogens with zero attached hydrogens (tertiary/aromatic N) is 1. The van der Waals surface area contributed by atoms with E-state index in [1.807, 2.05) is 13.1 Å². The molecule has 0 unspecified atom stereocenters. The number of hydrogen-bond donors (Lipinski definition) is 0. The molecule has 0 aliphatic heterocycles. The summed E-state index contributed by atoms with van der Waals surface area (Å²) in [6.07, 6.45) is 2.89. The van der Waals surface area contributed by atoms with E-state index >= 15 is 0 Å². The maximum absolute atomic E-state index is 3.87. The van der Waals surface area contributed by atoms with Gasteiger partial charge in [0.05, 0.1) is 0 Å². The van der Waals surface area contributed by atoms with Crippen molar-refractivity contribution in [3.8, 4) is 0 Å². The van der Waals surface area contributed by atoms with Crippen molar-refractivity contribution in [2.75, 3.05) is 13.6 Å². The molecule has 0 N–H and O–H groups in total. The van der Waals surface area contributed by atoms with Crippen LogP contribution in [0.25, 0.3) is 0 Å². The molecule has 0 aromatic heterocycles. The summed E-state index contributed by atoms with van der Waals surface area (Å²) in [4.78, 5) is 2.09. The van der Waals surface area contributed by atoms with Crippen molar-refractivity contribution in [3.63, 3.8) is 0 Å². The van der Waals surface area contributed by atoms with E-state index < -0.39 is 0 Å². The number of rotatable bonds is 4. The van der Waals surface area contributed by atoms with Crippen molar-refractivity contribution in [1.29, 1.82) is 0 Å². The van der Waals surface area contributed by atoms with Crippen LogP contribution < -0.4 is 0 Å². The zero-order chi connectivity index (χ0) is 7.28. The predicted octanol–water partition coefficient (Wildman–Crippen LogP) is 2.03. The van der Waals surface area contributed by atoms with Crippen molar-refractivity contribution >= 4 is 0 Å². The summed E-state index contributed by atoms with van der Waals surface area (Å²) < 4.78 is 0. The van der Waals surface area contributed by atoms with Crippen LogP contribution >= 0.6 is 0 Å². The molecule has 0 aliphatic carbocycles. The van der Waals surface area contributed by atoms with Gasteiger partial charge in [0.2, 0.25) is 0 Å². The lowest BCUT2D eigenvalue weighted by Crippen LogP contribution is -2.15. The van der Waals surface area contributed by atoms with Gasteiger partial charge in [-0.2, -0.15) is 0 Å². The minimum absolute atomic E-state index is 0.896. The van der Waals surface area contributed by atoms with Crippen LogP contribution in [0.2, 0.25) is 0 Å². The van der Waals surface area contributed by atoms with Crippen molar-refractivity contribution < 1.29 is 0 Å². The summed E-state index contributed by atoms with van der Waals surface area (Å²) in [6.45, 7) is 10.5. The first-order chi connectivity index (χ1) is 4.22. The summed E-state index contributed by atoms with van der Waals surface area (Å²) >= 11 is 0. The third kappa shape index (κ3) is 2.96. The topological polar surface area (TPSA) is 3.24 Å². The zero-order valence-electron chi connectivity index (χ0n) is 6.35. The fourth-order valence-corrected chi connectivity index (χ4v) is 0.593. The van der Waals surface area contributed by atoms with E-state index in [0.717, 1.165) is 18.7 Å². The maximum Gasteiger partial charge on any atom is 0.0350 e. The second kappa shape index (κ2) is 4.19. The molecule has 0 aromatic carbocycles. The van der Waals surface area contributed by atoms with Gasteiger partial charge in [-0.15, -0.1) is 6.58 Å². The highest BCUT2D eigenvalue weighted by Crippen LogP contribution is 2.00. The van der Waals surface area contributed by atoms with Crippen molar-refractivity contribution in [2.24, 2.45) is 0 Å². The second-order valence-electron chi connectivity index (χ2n) is 2.09. The molecular formula is C8H15N. The van der Waals surface area contributed by atoms with Gasteiger partial charge in [0.15, 0.2) is 0 Å². The van der Waals surface area contributed by atoms with Gasteiger partial charge >= 0.3 is 0 Å². The van der Waals surface area contributed by atoms with Gasteiger partial charge in [0.1, 0.15) is 0 Å². The van der Waals surface area contributed by atoms with Crippen molar-refractivity contribution in [3.05, 3.63) is 24.9 Å². The van der Waals surface area contributed by atoms with E-state index in [9.17, 15) is 0 Å². The highest BCUT2D eigenvalue weighted by molar-refractivity contribution is 4.93. The molecular weight excluding hydrogens is 110 g/mol. The largest absolute Gasteiger partial charge is 0.375 e. The Morgan fingerprint density at radius 2 is 2.22 bits per heavy atom. The first-order valence-corrected chi connectivity index (χ1v) is 3.22. The van der Waals surface area contributed by atoms with Gasteiger partial charge in [0.25, 0.3) is 0 Å². The van der Waals surface area contributed by atoms with Crippen LogP contribution in [-0.2, 0) is 0 Å². The number of allylic oxidation sites excluding steroid dienone is 1. The van der Waals surface area contributed by atoms with Crippen molar-refractivity contribution in [2.45, 2.75) is 13.3 Å². The van der Waals surface area contributed by atoms with E-state index in [0.29, 0.717) is 0 Å². The lowest BCUT2D eigenvalue weighted by atomic mass is 10.3. The highest BCUT2D eigenvalue weighted by atomic mass is 15.1. The van der Waals surface area contributed by atoms with Crippen LogP contribution in [0.4, 0.5) is 0 Å². The Bertz CT molecular complexity index is 105. The smallest absolute Gasteiger partial charge is 0.0350 e. The maximum atomic E-state index is 3.87. The lowest BCUT2D eigenvalue weighted by Gasteiger charge is -2.17. The SMILES string of the molecule is C=CCN(C)C(=C)CC. The molecule has 0 saturated heterocycles. The van der Waals surface area contributed by atoms with Crippen LogP contribution in [-0.4, -0.2) is 18.5 Å². The van der Waals surface area contributed by atoms with Gasteiger partial charge < -0.3 is 4.90 Å². The molecule has 0 saturated carbocycles. The van der Waals surface area contributed by atoms with Gasteiger partial charge in [-0.05, 0) is 6.42 Å². The molecule has 0 aromatic rings. The molecule has 0 bridgehead atoms. The molecule has 0 rings (SSSR count). The molecule has 0 aliphatic rings. The summed E-state index contributed by atoms with van der Waals surface area (Å²) in [5.41, 5.74) is 1.16. The molecule has 0 radical (unpaired) electrons. The highest BCUT2D eigenvalue weighted by Gasteiger charge is 1.93. The molecule has 0 atom stereocenters. The summed E-state index contributed by atoms with van der Waals surface area (Å²) in [5, 5.41) is 0. The minimum atomic E-state index is 0.896. The van der Waals surface area contributed by atoms with Gasteiger partial charge in [0, 0.05) is 19.3 Å². The van der Waals surface area contributed by atoms with Crippen LogP contribution in [0.5, 0.6) is 0 Å². The Morgan fingerprint density at radius 1 is 1.67 bits per heavy atom. The molecule has 1 heteroatoms. The molecule has 0 fully saturated rings. The Hall–Kier alpha value is -0.720. The summed E-state index contributed by atoms with van der Waals surface area (Å²) in [6, 6.07) is 0. The fraction of sp³-hybridized carbons (Fsp3) is 0.500. The molecule has 0 amide bonds. The van der Waals surface area contributed by atoms with Gasteiger partial charge in [-0.25, -0.2) is 0 Å². The standard InChI is InChI=1S/C8H15N/c1-5-7-9(4)8(3)6-2/h5H,1,3,6-7H2,2,4H3. The average molecular weight is 125 g/mol. The third-order valence-corrected chi connectivity index (χ3v) is 1.35. The van der Waals surface area contributed by atoms with E-state index in [-0.39, 0.29) is 0 Å².